The van der Waals surface area contributed by atoms with Crippen LogP contribution in [0.3, 0.4) is 0 Å². The molecule has 0 atom stereocenters. The number of hydrogen-bond acceptors (Lipinski definition) is 6. The van der Waals surface area contributed by atoms with Crippen LogP contribution < -0.4 is 25.7 Å². The van der Waals surface area contributed by atoms with Gasteiger partial charge in [-0.1, -0.05) is 23.7 Å². The number of rotatable bonds is 8. The van der Waals surface area contributed by atoms with Crippen LogP contribution in [-0.4, -0.2) is 69.2 Å². The van der Waals surface area contributed by atoms with E-state index in [0.29, 0.717) is 34.4 Å². The Balaban J connectivity index is 1.60. The Morgan fingerprint density at radius 1 is 0.909 bits per heavy atom. The Labute approximate surface area is 198 Å². The second kappa shape index (κ2) is 11.2. The molecule has 33 heavy (non-hydrogen) atoms. The van der Waals surface area contributed by atoms with Crippen molar-refractivity contribution < 1.29 is 19.0 Å². The lowest BCUT2D eigenvalue weighted by atomic mass is 10.1. The van der Waals surface area contributed by atoms with Crippen molar-refractivity contribution in [2.45, 2.75) is 13.1 Å². The summed E-state index contributed by atoms with van der Waals surface area (Å²) < 4.78 is 16.5. The quantitative estimate of drug-likeness (QED) is 0.440. The van der Waals surface area contributed by atoms with Crippen LogP contribution in [0.1, 0.15) is 21.5 Å². The van der Waals surface area contributed by atoms with Gasteiger partial charge in [0, 0.05) is 55.4 Å². The molecule has 0 spiro atoms. The predicted octanol–water partition coefficient (Wildman–Crippen LogP) is 2.10. The second-order valence-electron chi connectivity index (χ2n) is 7.69. The summed E-state index contributed by atoms with van der Waals surface area (Å²) in [6, 6.07) is 9.05. The van der Waals surface area contributed by atoms with Crippen molar-refractivity contribution >= 4 is 23.5 Å². The lowest BCUT2D eigenvalue weighted by molar-refractivity contribution is 0.100. The van der Waals surface area contributed by atoms with Crippen LogP contribution in [0.25, 0.3) is 0 Å². The molecule has 10 heteroatoms. The standard InChI is InChI=1S/C23H30ClN5O4/c1-31-19-7-6-17(20(32-2)21(19)33-3)14-29-10-8-28(9-11-29)13-16-5-4-15(12-18(16)24)22(30)27-23(25)26/h4-7,12H,8-11,13-14H2,1-3H3,(H4,25,26,27,30). The number of carbonyl (C=O) groups is 1. The number of nitrogens with two attached hydrogens (primary N) is 2. The molecule has 1 aliphatic heterocycles. The minimum atomic E-state index is -0.511. The first-order valence-electron chi connectivity index (χ1n) is 10.5. The molecule has 0 bridgehead atoms. The zero-order chi connectivity index (χ0) is 24.0. The minimum absolute atomic E-state index is 0.274. The van der Waals surface area contributed by atoms with E-state index in [2.05, 4.69) is 14.8 Å². The number of ether oxygens (including phenoxy) is 3. The first-order chi connectivity index (χ1) is 15.9. The second-order valence-corrected chi connectivity index (χ2v) is 8.10. The van der Waals surface area contributed by atoms with E-state index in [1.54, 1.807) is 33.5 Å². The van der Waals surface area contributed by atoms with Gasteiger partial charge in [-0.25, -0.2) is 0 Å². The summed E-state index contributed by atoms with van der Waals surface area (Å²) in [5.74, 6) is 1.16. The van der Waals surface area contributed by atoms with Gasteiger partial charge >= 0.3 is 0 Å². The fraction of sp³-hybridized carbons (Fsp3) is 0.391. The highest BCUT2D eigenvalue weighted by molar-refractivity contribution is 6.31. The van der Waals surface area contributed by atoms with Gasteiger partial charge in [-0.15, -0.1) is 0 Å². The van der Waals surface area contributed by atoms with Crippen LogP contribution in [0, 0.1) is 0 Å². The van der Waals surface area contributed by atoms with E-state index >= 15 is 0 Å². The smallest absolute Gasteiger partial charge is 0.280 e. The molecule has 0 aromatic heterocycles. The van der Waals surface area contributed by atoms with E-state index in [9.17, 15) is 4.79 Å². The molecule has 9 nitrogen and oxygen atoms in total. The van der Waals surface area contributed by atoms with E-state index in [-0.39, 0.29) is 5.96 Å². The van der Waals surface area contributed by atoms with Crippen molar-refractivity contribution in [3.8, 4) is 17.2 Å². The lowest BCUT2D eigenvalue weighted by Crippen LogP contribution is -2.45. The summed E-state index contributed by atoms with van der Waals surface area (Å²) in [5, 5.41) is 0.518. The zero-order valence-corrected chi connectivity index (χ0v) is 19.9. The average molecular weight is 476 g/mol. The fourth-order valence-corrected chi connectivity index (χ4v) is 4.11. The van der Waals surface area contributed by atoms with Crippen molar-refractivity contribution in [3.63, 3.8) is 0 Å². The maximum atomic E-state index is 12.0. The number of nitrogens with zero attached hydrogens (tertiary/aromatic N) is 3. The molecule has 0 aliphatic carbocycles. The third-order valence-corrected chi connectivity index (χ3v) is 5.92. The summed E-state index contributed by atoms with van der Waals surface area (Å²) in [5.41, 5.74) is 12.9. The van der Waals surface area contributed by atoms with Crippen LogP contribution in [0.5, 0.6) is 17.2 Å². The summed E-state index contributed by atoms with van der Waals surface area (Å²) in [7, 11) is 4.86. The van der Waals surface area contributed by atoms with Crippen molar-refractivity contribution in [1.82, 2.24) is 9.80 Å². The third kappa shape index (κ3) is 6.07. The monoisotopic (exact) mass is 475 g/mol. The number of guanidine groups is 1. The van der Waals surface area contributed by atoms with E-state index < -0.39 is 5.91 Å². The minimum Gasteiger partial charge on any atom is -0.493 e. The van der Waals surface area contributed by atoms with Crippen LogP contribution in [0.4, 0.5) is 0 Å². The highest BCUT2D eigenvalue weighted by Crippen LogP contribution is 2.40. The number of carbonyl (C=O) groups excluding carboxylic acids is 1. The Hall–Kier alpha value is -3.01. The van der Waals surface area contributed by atoms with Gasteiger partial charge in [0.2, 0.25) is 5.75 Å². The zero-order valence-electron chi connectivity index (χ0n) is 19.1. The molecule has 1 heterocycles. The van der Waals surface area contributed by atoms with Gasteiger partial charge in [0.25, 0.3) is 5.91 Å². The highest BCUT2D eigenvalue weighted by atomic mass is 35.5. The molecule has 0 saturated carbocycles. The Morgan fingerprint density at radius 2 is 1.48 bits per heavy atom. The Bertz CT molecular complexity index is 1020. The van der Waals surface area contributed by atoms with Crippen LogP contribution in [-0.2, 0) is 13.1 Å². The summed E-state index contributed by atoms with van der Waals surface area (Å²) >= 11 is 6.42. The number of methoxy groups -OCH3 is 3. The number of benzene rings is 2. The summed E-state index contributed by atoms with van der Waals surface area (Å²) in [4.78, 5) is 20.2. The molecule has 3 rings (SSSR count). The van der Waals surface area contributed by atoms with Crippen molar-refractivity contribution in [2.24, 2.45) is 16.5 Å². The van der Waals surface area contributed by atoms with Gasteiger partial charge in [0.15, 0.2) is 17.5 Å². The molecular formula is C23H30ClN5O4. The molecule has 0 radical (unpaired) electrons. The van der Waals surface area contributed by atoms with Crippen molar-refractivity contribution in [1.29, 1.82) is 0 Å². The largest absolute Gasteiger partial charge is 0.493 e. The topological polar surface area (TPSA) is 116 Å². The molecule has 1 saturated heterocycles. The SMILES string of the molecule is COc1ccc(CN2CCN(Cc3ccc(C(=O)N=C(N)N)cc3Cl)CC2)c(OC)c1OC. The van der Waals surface area contributed by atoms with E-state index in [4.69, 9.17) is 37.3 Å². The van der Waals surface area contributed by atoms with Crippen molar-refractivity contribution in [3.05, 3.63) is 52.0 Å². The van der Waals surface area contributed by atoms with Gasteiger partial charge in [-0.05, 0) is 23.8 Å². The molecule has 178 valence electrons. The maximum Gasteiger partial charge on any atom is 0.280 e. The molecule has 0 unspecified atom stereocenters. The van der Waals surface area contributed by atoms with E-state index in [0.717, 1.165) is 43.9 Å². The van der Waals surface area contributed by atoms with Crippen LogP contribution >= 0.6 is 11.6 Å². The van der Waals surface area contributed by atoms with Gasteiger partial charge in [0.05, 0.1) is 21.3 Å². The van der Waals surface area contributed by atoms with Crippen LogP contribution in [0.2, 0.25) is 5.02 Å². The highest BCUT2D eigenvalue weighted by Gasteiger charge is 2.22. The third-order valence-electron chi connectivity index (χ3n) is 5.57. The molecule has 2 aromatic carbocycles. The van der Waals surface area contributed by atoms with Gasteiger partial charge in [-0.2, -0.15) is 4.99 Å². The normalized spacial score (nSPS) is 14.5. The number of halogens is 1. The van der Waals surface area contributed by atoms with E-state index in [1.807, 2.05) is 18.2 Å². The van der Waals surface area contributed by atoms with E-state index in [1.165, 1.54) is 0 Å². The van der Waals surface area contributed by atoms with Crippen molar-refractivity contribution in [2.75, 3.05) is 47.5 Å². The number of piperazine rings is 1. The van der Waals surface area contributed by atoms with Crippen LogP contribution in [0.15, 0.2) is 35.3 Å². The fourth-order valence-electron chi connectivity index (χ4n) is 3.87. The first-order valence-corrected chi connectivity index (χ1v) is 10.9. The molecule has 1 fully saturated rings. The van der Waals surface area contributed by atoms with Gasteiger partial charge < -0.3 is 25.7 Å². The van der Waals surface area contributed by atoms with Gasteiger partial charge in [-0.3, -0.25) is 14.6 Å². The first kappa shape index (κ1) is 24.6. The van der Waals surface area contributed by atoms with Gasteiger partial charge in [0.1, 0.15) is 0 Å². The molecule has 1 aliphatic rings. The summed E-state index contributed by atoms with van der Waals surface area (Å²) in [6.07, 6.45) is 0. The molecule has 1 amide bonds. The molecular weight excluding hydrogens is 446 g/mol. The molecule has 4 N–H and O–H groups in total. The number of aliphatic imine (C=N–C) groups is 1. The predicted molar refractivity (Wildman–Crippen MR) is 128 cm³/mol. The Morgan fingerprint density at radius 3 is 2.00 bits per heavy atom. The lowest BCUT2D eigenvalue weighted by Gasteiger charge is -2.35. The molecule has 2 aromatic rings. The summed E-state index contributed by atoms with van der Waals surface area (Å²) in [6.45, 7) is 5.02. The number of hydrogen-bond donors (Lipinski definition) is 2. The maximum absolute atomic E-state index is 12.0. The Kier molecular flexibility index (Phi) is 8.37. The average Bonchev–Trinajstić information content (AvgIpc) is 2.80. The number of amides is 1.